The van der Waals surface area contributed by atoms with Gasteiger partial charge in [-0.25, -0.2) is 9.98 Å². The summed E-state index contributed by atoms with van der Waals surface area (Å²) in [6, 6.07) is 2.12. The fraction of sp³-hybridized carbons (Fsp3) is 0.500. The van der Waals surface area contributed by atoms with Crippen molar-refractivity contribution >= 4 is 41.3 Å². The molecule has 0 atom stereocenters. The predicted molar refractivity (Wildman–Crippen MR) is 109 cm³/mol. The van der Waals surface area contributed by atoms with E-state index in [2.05, 4.69) is 48.9 Å². The highest BCUT2D eigenvalue weighted by Gasteiger charge is 1.99. The number of imidazole rings is 1. The van der Waals surface area contributed by atoms with E-state index in [9.17, 15) is 0 Å². The van der Waals surface area contributed by atoms with E-state index in [1.54, 1.807) is 11.3 Å². The van der Waals surface area contributed by atoms with Gasteiger partial charge in [-0.05, 0) is 49.1 Å². The molecular formula is C16H26IN5S. The standard InChI is InChI=1S/C16H25N5S.HI/c1-3-17-16(20-12-15-6-11-22-13-15)19-7-4-5-9-21-10-8-18-14(21)2;/h6,8,10-11,13H,3-5,7,9,12H2,1-2H3,(H2,17,19,20);1H. The molecule has 5 nitrogen and oxygen atoms in total. The minimum absolute atomic E-state index is 0. The van der Waals surface area contributed by atoms with Gasteiger partial charge in [0.1, 0.15) is 5.82 Å². The zero-order valence-electron chi connectivity index (χ0n) is 13.8. The van der Waals surface area contributed by atoms with Gasteiger partial charge in [0.05, 0.1) is 6.54 Å². The molecule has 128 valence electrons. The van der Waals surface area contributed by atoms with Gasteiger partial charge in [-0.2, -0.15) is 11.3 Å². The second-order valence-electron chi connectivity index (χ2n) is 5.13. The van der Waals surface area contributed by atoms with E-state index in [0.717, 1.165) is 50.8 Å². The Morgan fingerprint density at radius 1 is 1.35 bits per heavy atom. The molecule has 0 aliphatic heterocycles. The summed E-state index contributed by atoms with van der Waals surface area (Å²) in [5.41, 5.74) is 1.26. The molecule has 0 aromatic carbocycles. The van der Waals surface area contributed by atoms with Gasteiger partial charge in [-0.3, -0.25) is 0 Å². The maximum absolute atomic E-state index is 4.60. The lowest BCUT2D eigenvalue weighted by atomic mass is 10.3. The lowest BCUT2D eigenvalue weighted by Crippen LogP contribution is -2.37. The van der Waals surface area contributed by atoms with Crippen molar-refractivity contribution in [3.05, 3.63) is 40.6 Å². The summed E-state index contributed by atoms with van der Waals surface area (Å²) in [6.07, 6.45) is 6.14. The van der Waals surface area contributed by atoms with Crippen molar-refractivity contribution in [1.29, 1.82) is 0 Å². The number of nitrogens with one attached hydrogen (secondary N) is 2. The number of guanidine groups is 1. The number of halogens is 1. The largest absolute Gasteiger partial charge is 0.357 e. The van der Waals surface area contributed by atoms with Crippen LogP contribution in [0.4, 0.5) is 0 Å². The number of hydrogen-bond donors (Lipinski definition) is 2. The lowest BCUT2D eigenvalue weighted by Gasteiger charge is -2.11. The third kappa shape index (κ3) is 7.34. The van der Waals surface area contributed by atoms with Crippen LogP contribution in [0.15, 0.2) is 34.2 Å². The number of thiophene rings is 1. The Kier molecular flexibility index (Phi) is 9.93. The molecule has 2 heterocycles. The summed E-state index contributed by atoms with van der Waals surface area (Å²) < 4.78 is 2.19. The molecule has 0 radical (unpaired) electrons. The molecule has 7 heteroatoms. The topological polar surface area (TPSA) is 54.2 Å². The van der Waals surface area contributed by atoms with Crippen LogP contribution in [-0.2, 0) is 13.1 Å². The molecule has 0 aliphatic rings. The van der Waals surface area contributed by atoms with Crippen LogP contribution in [0.2, 0.25) is 0 Å². The molecule has 2 rings (SSSR count). The van der Waals surface area contributed by atoms with Crippen molar-refractivity contribution in [3.63, 3.8) is 0 Å². The van der Waals surface area contributed by atoms with E-state index < -0.39 is 0 Å². The Labute approximate surface area is 159 Å². The summed E-state index contributed by atoms with van der Waals surface area (Å²) in [4.78, 5) is 8.84. The minimum atomic E-state index is 0. The SMILES string of the molecule is CCNC(=NCc1ccsc1)NCCCCn1ccnc1C.I. The van der Waals surface area contributed by atoms with Gasteiger partial charge in [0, 0.05) is 32.0 Å². The first kappa shape index (κ1) is 20.0. The zero-order valence-corrected chi connectivity index (χ0v) is 16.9. The molecule has 2 aromatic heterocycles. The van der Waals surface area contributed by atoms with E-state index in [4.69, 9.17) is 0 Å². The van der Waals surface area contributed by atoms with Gasteiger partial charge in [0.15, 0.2) is 5.96 Å². The highest BCUT2D eigenvalue weighted by atomic mass is 127. The van der Waals surface area contributed by atoms with E-state index in [-0.39, 0.29) is 24.0 Å². The lowest BCUT2D eigenvalue weighted by molar-refractivity contribution is 0.588. The summed E-state index contributed by atoms with van der Waals surface area (Å²) in [7, 11) is 0. The fourth-order valence-corrected chi connectivity index (χ4v) is 2.81. The molecule has 0 aliphatic carbocycles. The molecular weight excluding hydrogens is 421 g/mol. The van der Waals surface area contributed by atoms with Crippen LogP contribution < -0.4 is 10.6 Å². The Bertz CT molecular complexity index is 565. The van der Waals surface area contributed by atoms with Crippen LogP contribution in [0.3, 0.4) is 0 Å². The number of nitrogens with zero attached hydrogens (tertiary/aromatic N) is 3. The average molecular weight is 447 g/mol. The van der Waals surface area contributed by atoms with Crippen molar-refractivity contribution < 1.29 is 0 Å². The van der Waals surface area contributed by atoms with Gasteiger partial charge in [0.2, 0.25) is 0 Å². The highest BCUT2D eigenvalue weighted by Crippen LogP contribution is 2.06. The van der Waals surface area contributed by atoms with Crippen molar-refractivity contribution in [2.45, 2.75) is 39.8 Å². The van der Waals surface area contributed by atoms with Gasteiger partial charge in [0.25, 0.3) is 0 Å². The number of aryl methyl sites for hydroxylation is 2. The van der Waals surface area contributed by atoms with E-state index >= 15 is 0 Å². The summed E-state index contributed by atoms with van der Waals surface area (Å²) in [5.74, 6) is 1.98. The van der Waals surface area contributed by atoms with Crippen LogP contribution in [0.25, 0.3) is 0 Å². The monoisotopic (exact) mass is 447 g/mol. The molecule has 0 saturated heterocycles. The first-order valence-electron chi connectivity index (χ1n) is 7.80. The van der Waals surface area contributed by atoms with Crippen molar-refractivity contribution in [3.8, 4) is 0 Å². The van der Waals surface area contributed by atoms with E-state index in [0.29, 0.717) is 0 Å². The maximum Gasteiger partial charge on any atom is 0.191 e. The van der Waals surface area contributed by atoms with Crippen molar-refractivity contribution in [2.75, 3.05) is 13.1 Å². The Morgan fingerprint density at radius 3 is 2.87 bits per heavy atom. The average Bonchev–Trinajstić information content (AvgIpc) is 3.16. The second-order valence-corrected chi connectivity index (χ2v) is 5.91. The van der Waals surface area contributed by atoms with Crippen LogP contribution >= 0.6 is 35.3 Å². The highest BCUT2D eigenvalue weighted by molar-refractivity contribution is 14.0. The smallest absolute Gasteiger partial charge is 0.191 e. The van der Waals surface area contributed by atoms with Crippen molar-refractivity contribution in [2.24, 2.45) is 4.99 Å². The molecule has 0 unspecified atom stereocenters. The van der Waals surface area contributed by atoms with Crippen LogP contribution in [-0.4, -0.2) is 28.6 Å². The van der Waals surface area contributed by atoms with Gasteiger partial charge >= 0.3 is 0 Å². The molecule has 23 heavy (non-hydrogen) atoms. The molecule has 0 spiro atoms. The number of aliphatic imine (C=N–C) groups is 1. The quantitative estimate of drug-likeness (QED) is 0.282. The van der Waals surface area contributed by atoms with Gasteiger partial charge < -0.3 is 15.2 Å². The first-order valence-corrected chi connectivity index (χ1v) is 8.75. The number of aromatic nitrogens is 2. The Morgan fingerprint density at radius 2 is 2.22 bits per heavy atom. The van der Waals surface area contributed by atoms with Crippen molar-refractivity contribution in [1.82, 2.24) is 20.2 Å². The molecule has 2 aromatic rings. The normalized spacial score (nSPS) is 11.1. The molecule has 0 bridgehead atoms. The van der Waals surface area contributed by atoms with Gasteiger partial charge in [-0.15, -0.1) is 24.0 Å². The number of rotatable bonds is 8. The molecule has 0 amide bonds. The molecule has 0 saturated carbocycles. The van der Waals surface area contributed by atoms with Gasteiger partial charge in [-0.1, -0.05) is 0 Å². The number of unbranched alkanes of at least 4 members (excludes halogenated alkanes) is 1. The third-order valence-corrected chi connectivity index (χ3v) is 4.12. The maximum atomic E-state index is 4.60. The summed E-state index contributed by atoms with van der Waals surface area (Å²) >= 11 is 1.71. The predicted octanol–water partition coefficient (Wildman–Crippen LogP) is 3.41. The second kappa shape index (κ2) is 11.4. The van der Waals surface area contributed by atoms with Crippen LogP contribution in [0.5, 0.6) is 0 Å². The van der Waals surface area contributed by atoms with Crippen LogP contribution in [0.1, 0.15) is 31.2 Å². The number of hydrogen-bond acceptors (Lipinski definition) is 3. The van der Waals surface area contributed by atoms with E-state index in [1.165, 1.54) is 5.56 Å². The zero-order chi connectivity index (χ0) is 15.6. The van der Waals surface area contributed by atoms with E-state index in [1.807, 2.05) is 19.3 Å². The first-order chi connectivity index (χ1) is 10.8. The summed E-state index contributed by atoms with van der Waals surface area (Å²) in [6.45, 7) is 7.69. The van der Waals surface area contributed by atoms with Crippen LogP contribution in [0, 0.1) is 6.92 Å². The Hall–Kier alpha value is -1.09. The minimum Gasteiger partial charge on any atom is -0.357 e. The molecule has 2 N–H and O–H groups in total. The third-order valence-electron chi connectivity index (χ3n) is 3.39. The molecule has 0 fully saturated rings. The Balaban J connectivity index is 0.00000264. The fourth-order valence-electron chi connectivity index (χ4n) is 2.15. The summed E-state index contributed by atoms with van der Waals surface area (Å²) in [5, 5.41) is 10.9.